The molecule has 3 rings (SSSR count). The maximum absolute atomic E-state index is 5.80. The van der Waals surface area contributed by atoms with Gasteiger partial charge >= 0.3 is 0 Å². The molecule has 1 aliphatic rings. The number of aryl methyl sites for hydroxylation is 1. The summed E-state index contributed by atoms with van der Waals surface area (Å²) in [7, 11) is 0. The van der Waals surface area contributed by atoms with Crippen LogP contribution in [-0.2, 0) is 6.54 Å². The SMILES string of the molecule is CC1CC(C)N(CCCn2cnc3c(N)ncnc32)C1. The second-order valence-electron chi connectivity index (χ2n) is 5.91. The number of rotatable bonds is 4. The lowest BCUT2D eigenvalue weighted by atomic mass is 10.1. The van der Waals surface area contributed by atoms with E-state index >= 15 is 0 Å². The number of nitrogens with zero attached hydrogens (tertiary/aromatic N) is 5. The van der Waals surface area contributed by atoms with E-state index in [1.165, 1.54) is 19.3 Å². The Hall–Kier alpha value is -1.69. The normalized spacial score (nSPS) is 23.7. The first kappa shape index (κ1) is 13.3. The number of likely N-dealkylation sites (tertiary alicyclic amines) is 1. The molecule has 0 aromatic carbocycles. The van der Waals surface area contributed by atoms with Gasteiger partial charge in [-0.3, -0.25) is 0 Å². The van der Waals surface area contributed by atoms with Gasteiger partial charge in [-0.2, -0.15) is 0 Å². The molecule has 1 fully saturated rings. The molecule has 0 spiro atoms. The molecule has 0 saturated carbocycles. The van der Waals surface area contributed by atoms with E-state index in [0.29, 0.717) is 17.4 Å². The Balaban J connectivity index is 1.62. The van der Waals surface area contributed by atoms with Gasteiger partial charge in [0.15, 0.2) is 11.5 Å². The zero-order valence-corrected chi connectivity index (χ0v) is 12.2. The minimum absolute atomic E-state index is 0.454. The van der Waals surface area contributed by atoms with Crippen molar-refractivity contribution in [1.29, 1.82) is 0 Å². The second kappa shape index (κ2) is 5.36. The summed E-state index contributed by atoms with van der Waals surface area (Å²) in [6.07, 6.45) is 5.73. The lowest BCUT2D eigenvalue weighted by molar-refractivity contribution is 0.257. The van der Waals surface area contributed by atoms with E-state index in [1.807, 2.05) is 6.33 Å². The van der Waals surface area contributed by atoms with E-state index in [4.69, 9.17) is 5.73 Å². The molecule has 2 unspecified atom stereocenters. The number of hydrogen-bond donors (Lipinski definition) is 1. The van der Waals surface area contributed by atoms with Crippen LogP contribution in [0.5, 0.6) is 0 Å². The molecule has 2 atom stereocenters. The largest absolute Gasteiger partial charge is 0.382 e. The number of hydrogen-bond acceptors (Lipinski definition) is 5. The monoisotopic (exact) mass is 274 g/mol. The van der Waals surface area contributed by atoms with E-state index < -0.39 is 0 Å². The predicted octanol–water partition coefficient (Wildman–Crippen LogP) is 1.53. The van der Waals surface area contributed by atoms with Crippen molar-refractivity contribution in [2.24, 2.45) is 5.92 Å². The fraction of sp³-hybridized carbons (Fsp3) is 0.643. The van der Waals surface area contributed by atoms with E-state index in [0.717, 1.165) is 31.1 Å². The first-order chi connectivity index (χ1) is 9.65. The third-order valence-corrected chi connectivity index (χ3v) is 4.19. The lowest BCUT2D eigenvalue weighted by Gasteiger charge is -2.20. The van der Waals surface area contributed by atoms with Gasteiger partial charge in [-0.15, -0.1) is 0 Å². The molecule has 3 heterocycles. The predicted molar refractivity (Wildman–Crippen MR) is 79.2 cm³/mol. The maximum Gasteiger partial charge on any atom is 0.165 e. The van der Waals surface area contributed by atoms with Gasteiger partial charge in [0.2, 0.25) is 0 Å². The summed E-state index contributed by atoms with van der Waals surface area (Å²) >= 11 is 0. The molecule has 0 amide bonds. The first-order valence-electron chi connectivity index (χ1n) is 7.30. The van der Waals surface area contributed by atoms with Gasteiger partial charge < -0.3 is 15.2 Å². The average molecular weight is 274 g/mol. The Morgan fingerprint density at radius 3 is 2.85 bits per heavy atom. The molecular formula is C14H22N6. The summed E-state index contributed by atoms with van der Waals surface area (Å²) in [6.45, 7) is 7.93. The summed E-state index contributed by atoms with van der Waals surface area (Å²) in [4.78, 5) is 15.1. The van der Waals surface area contributed by atoms with Crippen LogP contribution in [0.4, 0.5) is 5.82 Å². The van der Waals surface area contributed by atoms with Crippen molar-refractivity contribution in [3.05, 3.63) is 12.7 Å². The zero-order chi connectivity index (χ0) is 14.1. The van der Waals surface area contributed by atoms with Gasteiger partial charge in [-0.25, -0.2) is 15.0 Å². The van der Waals surface area contributed by atoms with Crippen molar-refractivity contribution in [3.63, 3.8) is 0 Å². The molecule has 2 aromatic rings. The number of imidazole rings is 1. The topological polar surface area (TPSA) is 72.9 Å². The van der Waals surface area contributed by atoms with Crippen LogP contribution >= 0.6 is 0 Å². The highest BCUT2D eigenvalue weighted by Crippen LogP contribution is 2.22. The summed E-state index contributed by atoms with van der Waals surface area (Å²) in [5, 5.41) is 0. The second-order valence-corrected chi connectivity index (χ2v) is 5.91. The standard InChI is InChI=1S/C14H22N6/c1-10-6-11(2)19(7-10)4-3-5-20-9-18-12-13(15)16-8-17-14(12)20/h8-11H,3-7H2,1-2H3,(H2,15,16,17). The molecule has 2 aromatic heterocycles. The molecule has 0 aliphatic carbocycles. The van der Waals surface area contributed by atoms with Gasteiger partial charge in [0.05, 0.1) is 6.33 Å². The van der Waals surface area contributed by atoms with Crippen LogP contribution in [0.2, 0.25) is 0 Å². The van der Waals surface area contributed by atoms with E-state index in [1.54, 1.807) is 0 Å². The number of fused-ring (bicyclic) bond motifs is 1. The fourth-order valence-electron chi connectivity index (χ4n) is 3.20. The summed E-state index contributed by atoms with van der Waals surface area (Å²) < 4.78 is 2.07. The molecule has 0 radical (unpaired) electrons. The van der Waals surface area contributed by atoms with Crippen LogP contribution in [0.3, 0.4) is 0 Å². The molecule has 1 aliphatic heterocycles. The number of nitrogen functional groups attached to an aromatic ring is 1. The Morgan fingerprint density at radius 2 is 2.10 bits per heavy atom. The van der Waals surface area contributed by atoms with Gasteiger partial charge in [0.25, 0.3) is 0 Å². The first-order valence-corrected chi connectivity index (χ1v) is 7.30. The molecular weight excluding hydrogens is 252 g/mol. The molecule has 2 N–H and O–H groups in total. The smallest absolute Gasteiger partial charge is 0.165 e. The highest BCUT2D eigenvalue weighted by molar-refractivity contribution is 5.80. The summed E-state index contributed by atoms with van der Waals surface area (Å²) in [5.41, 5.74) is 7.33. The Bertz CT molecular complexity index is 592. The van der Waals surface area contributed by atoms with Crippen molar-refractivity contribution < 1.29 is 0 Å². The number of nitrogens with two attached hydrogens (primary N) is 1. The van der Waals surface area contributed by atoms with Crippen molar-refractivity contribution in [2.75, 3.05) is 18.8 Å². The molecule has 1 saturated heterocycles. The zero-order valence-electron chi connectivity index (χ0n) is 12.2. The quantitative estimate of drug-likeness (QED) is 0.915. The lowest BCUT2D eigenvalue weighted by Crippen LogP contribution is -2.28. The van der Waals surface area contributed by atoms with Crippen molar-refractivity contribution >= 4 is 17.0 Å². The van der Waals surface area contributed by atoms with Crippen LogP contribution in [0, 0.1) is 5.92 Å². The summed E-state index contributed by atoms with van der Waals surface area (Å²) in [5.74, 6) is 1.28. The molecule has 20 heavy (non-hydrogen) atoms. The Morgan fingerprint density at radius 1 is 1.25 bits per heavy atom. The minimum atomic E-state index is 0.454. The van der Waals surface area contributed by atoms with Gasteiger partial charge in [0, 0.05) is 25.7 Å². The average Bonchev–Trinajstić information content (AvgIpc) is 2.95. The number of anilines is 1. The third kappa shape index (κ3) is 2.47. The van der Waals surface area contributed by atoms with E-state index in [-0.39, 0.29) is 0 Å². The highest BCUT2D eigenvalue weighted by atomic mass is 15.2. The molecule has 6 nitrogen and oxygen atoms in total. The summed E-state index contributed by atoms with van der Waals surface area (Å²) in [6, 6.07) is 0.711. The van der Waals surface area contributed by atoms with Gasteiger partial charge in [0.1, 0.15) is 11.8 Å². The molecule has 0 bridgehead atoms. The highest BCUT2D eigenvalue weighted by Gasteiger charge is 2.25. The fourth-order valence-corrected chi connectivity index (χ4v) is 3.20. The van der Waals surface area contributed by atoms with Crippen molar-refractivity contribution in [1.82, 2.24) is 24.4 Å². The maximum atomic E-state index is 5.80. The van der Waals surface area contributed by atoms with Crippen LogP contribution in [-0.4, -0.2) is 43.6 Å². The van der Waals surface area contributed by atoms with Crippen molar-refractivity contribution in [2.45, 2.75) is 39.3 Å². The number of aromatic nitrogens is 4. The third-order valence-electron chi connectivity index (χ3n) is 4.19. The van der Waals surface area contributed by atoms with Crippen LogP contribution in [0.1, 0.15) is 26.7 Å². The van der Waals surface area contributed by atoms with Gasteiger partial charge in [-0.1, -0.05) is 6.92 Å². The van der Waals surface area contributed by atoms with Crippen LogP contribution in [0.25, 0.3) is 11.2 Å². The Kier molecular flexibility index (Phi) is 3.56. The van der Waals surface area contributed by atoms with E-state index in [2.05, 4.69) is 38.3 Å². The van der Waals surface area contributed by atoms with Crippen LogP contribution in [0.15, 0.2) is 12.7 Å². The molecule has 6 heteroatoms. The van der Waals surface area contributed by atoms with Gasteiger partial charge in [-0.05, 0) is 25.7 Å². The minimum Gasteiger partial charge on any atom is -0.382 e. The van der Waals surface area contributed by atoms with Crippen LogP contribution < -0.4 is 5.73 Å². The van der Waals surface area contributed by atoms with E-state index in [9.17, 15) is 0 Å². The molecule has 108 valence electrons. The Labute approximate surface area is 119 Å². The van der Waals surface area contributed by atoms with Crippen molar-refractivity contribution in [3.8, 4) is 0 Å².